The second-order valence-electron chi connectivity index (χ2n) is 8.28. The van der Waals surface area contributed by atoms with Gasteiger partial charge in [0.2, 0.25) is 10.0 Å². The number of halogens is 2. The summed E-state index contributed by atoms with van der Waals surface area (Å²) in [5, 5.41) is 1.45. The molecule has 1 unspecified atom stereocenters. The highest BCUT2D eigenvalue weighted by Crippen LogP contribution is 2.41. The minimum Gasteiger partial charge on any atom is -0.496 e. The van der Waals surface area contributed by atoms with Crippen LogP contribution in [-0.4, -0.2) is 39.4 Å². The number of rotatable bonds is 7. The summed E-state index contributed by atoms with van der Waals surface area (Å²) in [5.74, 6) is 7.32. The molecule has 0 spiro atoms. The first-order chi connectivity index (χ1) is 14.2. The number of piperidine rings is 1. The van der Waals surface area contributed by atoms with Gasteiger partial charge in [-0.05, 0) is 68.9 Å². The van der Waals surface area contributed by atoms with Crippen molar-refractivity contribution in [3.8, 4) is 5.75 Å². The Hall–Kier alpha value is -1.51. The van der Waals surface area contributed by atoms with Crippen LogP contribution in [0.1, 0.15) is 44.2 Å². The van der Waals surface area contributed by atoms with Crippen molar-refractivity contribution in [2.24, 2.45) is 5.84 Å². The van der Waals surface area contributed by atoms with Crippen LogP contribution in [0, 0.1) is 0 Å². The molecule has 6 nitrogen and oxygen atoms in total. The molecule has 2 aromatic rings. The zero-order chi connectivity index (χ0) is 21.9. The van der Waals surface area contributed by atoms with E-state index in [4.69, 9.17) is 10.6 Å². The Kier molecular flexibility index (Phi) is 10.3. The van der Waals surface area contributed by atoms with Gasteiger partial charge in [-0.3, -0.25) is 10.1 Å². The van der Waals surface area contributed by atoms with Crippen LogP contribution >= 0.6 is 24.8 Å². The van der Waals surface area contributed by atoms with Gasteiger partial charge in [-0.2, -0.15) is 0 Å². The van der Waals surface area contributed by atoms with Gasteiger partial charge in [-0.15, -0.1) is 24.8 Å². The van der Waals surface area contributed by atoms with Crippen LogP contribution in [0.15, 0.2) is 48.5 Å². The number of nitrogens with zero attached hydrogens (tertiary/aromatic N) is 2. The van der Waals surface area contributed by atoms with Crippen molar-refractivity contribution in [2.75, 3.05) is 25.0 Å². The van der Waals surface area contributed by atoms with E-state index >= 15 is 0 Å². The number of hydrogen-bond acceptors (Lipinski definition) is 5. The third kappa shape index (κ3) is 5.51. The lowest BCUT2D eigenvalue weighted by Gasteiger charge is -2.45. The van der Waals surface area contributed by atoms with Gasteiger partial charge in [0.15, 0.2) is 0 Å². The average molecular weight is 505 g/mol. The van der Waals surface area contributed by atoms with E-state index in [-0.39, 0.29) is 30.4 Å². The molecule has 1 aliphatic heterocycles. The van der Waals surface area contributed by atoms with E-state index in [1.54, 1.807) is 34.1 Å². The monoisotopic (exact) mass is 503 g/mol. The summed E-state index contributed by atoms with van der Waals surface area (Å²) < 4.78 is 32.4. The molecule has 0 aliphatic carbocycles. The summed E-state index contributed by atoms with van der Waals surface area (Å²) in [7, 11) is -0.177. The minimum atomic E-state index is -3.42. The van der Waals surface area contributed by atoms with Gasteiger partial charge in [0.25, 0.3) is 0 Å². The van der Waals surface area contributed by atoms with Crippen molar-refractivity contribution >= 4 is 40.5 Å². The number of hydrogen-bond donors (Lipinski definition) is 1. The second kappa shape index (κ2) is 11.6. The molecule has 0 aromatic heterocycles. The number of anilines is 1. The van der Waals surface area contributed by atoms with Gasteiger partial charge in [0, 0.05) is 13.6 Å². The molecule has 3 rings (SSSR count). The summed E-state index contributed by atoms with van der Waals surface area (Å²) >= 11 is 0. The zero-order valence-electron chi connectivity index (χ0n) is 19.2. The van der Waals surface area contributed by atoms with E-state index < -0.39 is 15.3 Å². The average Bonchev–Trinajstić information content (AvgIpc) is 2.75. The maximum Gasteiger partial charge on any atom is 0.237 e. The number of hydrazine groups is 1. The van der Waals surface area contributed by atoms with Crippen LogP contribution in [0.4, 0.5) is 5.69 Å². The van der Waals surface area contributed by atoms with Crippen molar-refractivity contribution < 1.29 is 13.2 Å². The predicted molar refractivity (Wildman–Crippen MR) is 137 cm³/mol. The van der Waals surface area contributed by atoms with Crippen LogP contribution < -0.4 is 14.9 Å². The summed E-state index contributed by atoms with van der Waals surface area (Å²) in [4.78, 5) is 0. The maximum absolute atomic E-state index is 12.7. The predicted octanol–water partition coefficient (Wildman–Crippen LogP) is 4.51. The molecule has 0 saturated carbocycles. The number of methoxy groups -OCH3 is 1. The Bertz CT molecular complexity index is 974. The maximum atomic E-state index is 12.7. The molecule has 1 saturated heterocycles. The van der Waals surface area contributed by atoms with E-state index in [9.17, 15) is 8.42 Å². The normalized spacial score (nSPS) is 19.1. The molecule has 2 N–H and O–H groups in total. The van der Waals surface area contributed by atoms with E-state index in [0.717, 1.165) is 37.1 Å². The Labute approximate surface area is 205 Å². The fourth-order valence-corrected chi connectivity index (χ4v) is 5.32. The van der Waals surface area contributed by atoms with Gasteiger partial charge < -0.3 is 4.74 Å². The van der Waals surface area contributed by atoms with E-state index in [2.05, 4.69) is 12.1 Å². The molecule has 2 aromatic carbocycles. The molecule has 180 valence electrons. The zero-order valence-corrected chi connectivity index (χ0v) is 21.6. The first-order valence-corrected chi connectivity index (χ1v) is 12.0. The molecule has 0 radical (unpaired) electrons. The van der Waals surface area contributed by atoms with Crippen molar-refractivity contribution in [1.82, 2.24) is 5.01 Å². The summed E-state index contributed by atoms with van der Waals surface area (Å²) in [6.07, 6.45) is 3.73. The summed E-state index contributed by atoms with van der Waals surface area (Å²) in [6, 6.07) is 15.9. The van der Waals surface area contributed by atoms with Gasteiger partial charge in [-0.1, -0.05) is 30.3 Å². The lowest BCUT2D eigenvalue weighted by Crippen LogP contribution is -2.54. The van der Waals surface area contributed by atoms with Crippen molar-refractivity contribution in [2.45, 2.75) is 50.3 Å². The highest BCUT2D eigenvalue weighted by molar-refractivity contribution is 7.93. The summed E-state index contributed by atoms with van der Waals surface area (Å²) in [5.41, 5.74) is 2.38. The molecule has 9 heteroatoms. The number of nitrogens with two attached hydrogens (primary N) is 1. The van der Waals surface area contributed by atoms with Crippen molar-refractivity contribution in [3.63, 3.8) is 0 Å². The first kappa shape index (κ1) is 28.5. The van der Waals surface area contributed by atoms with Crippen LogP contribution in [0.2, 0.25) is 0 Å². The lowest BCUT2D eigenvalue weighted by atomic mass is 9.77. The molecule has 0 amide bonds. The van der Waals surface area contributed by atoms with E-state index in [0.29, 0.717) is 12.1 Å². The molecule has 1 fully saturated rings. The topological polar surface area (TPSA) is 75.9 Å². The van der Waals surface area contributed by atoms with E-state index in [1.165, 1.54) is 9.87 Å². The SMILES string of the molecule is COc1ccc(N(C)S(=O)(=O)C(C)C)cc1CC1(c2ccccc2)CCCCN1N.Cl.Cl. The number of benzene rings is 2. The van der Waals surface area contributed by atoms with Crippen molar-refractivity contribution in [1.29, 1.82) is 0 Å². The van der Waals surface area contributed by atoms with Crippen molar-refractivity contribution in [3.05, 3.63) is 59.7 Å². The molecule has 1 heterocycles. The van der Waals surface area contributed by atoms with Crippen LogP contribution in [0.25, 0.3) is 0 Å². The minimum absolute atomic E-state index is 0. The van der Waals surface area contributed by atoms with Gasteiger partial charge in [0.1, 0.15) is 5.75 Å². The summed E-state index contributed by atoms with van der Waals surface area (Å²) in [6.45, 7) is 4.20. The number of ether oxygens (including phenoxy) is 1. The third-order valence-corrected chi connectivity index (χ3v) is 8.35. The molecule has 32 heavy (non-hydrogen) atoms. The molecule has 0 bridgehead atoms. The second-order valence-corrected chi connectivity index (χ2v) is 10.8. The van der Waals surface area contributed by atoms with Crippen LogP contribution in [0.3, 0.4) is 0 Å². The molecule has 1 aliphatic rings. The Morgan fingerprint density at radius 3 is 2.34 bits per heavy atom. The Balaban J connectivity index is 0.00000256. The highest BCUT2D eigenvalue weighted by Gasteiger charge is 2.40. The molecular formula is C23H35Cl2N3O3S. The fraction of sp³-hybridized carbons (Fsp3) is 0.478. The smallest absolute Gasteiger partial charge is 0.237 e. The molecular weight excluding hydrogens is 469 g/mol. The highest BCUT2D eigenvalue weighted by atomic mass is 35.5. The quantitative estimate of drug-likeness (QED) is 0.562. The first-order valence-electron chi connectivity index (χ1n) is 10.4. The largest absolute Gasteiger partial charge is 0.496 e. The Morgan fingerprint density at radius 1 is 1.12 bits per heavy atom. The molecule has 1 atom stereocenters. The van der Waals surface area contributed by atoms with Gasteiger partial charge in [0.05, 0.1) is 23.6 Å². The van der Waals surface area contributed by atoms with Gasteiger partial charge in [-0.25, -0.2) is 13.4 Å². The Morgan fingerprint density at radius 2 is 1.78 bits per heavy atom. The lowest BCUT2D eigenvalue weighted by molar-refractivity contribution is 0.0421. The number of sulfonamides is 1. The van der Waals surface area contributed by atoms with Gasteiger partial charge >= 0.3 is 0 Å². The van der Waals surface area contributed by atoms with E-state index in [1.807, 2.05) is 35.3 Å². The van der Waals surface area contributed by atoms with Crippen LogP contribution in [0.5, 0.6) is 5.75 Å². The van der Waals surface area contributed by atoms with Crippen LogP contribution in [-0.2, 0) is 22.0 Å². The fourth-order valence-electron chi connectivity index (χ4n) is 4.28. The third-order valence-electron chi connectivity index (χ3n) is 6.19. The standard InChI is InChI=1S/C23H33N3O3S.2ClH/c1-18(2)30(27,28)25(3)21-12-13-22(29-4)19(16-21)17-23(14-8-9-15-26(23)24)20-10-6-5-7-11-20;;/h5-7,10-13,16,18H,8-9,14-15,17,24H2,1-4H3;2*1H.